The van der Waals surface area contributed by atoms with E-state index in [9.17, 15) is 23.6 Å². The summed E-state index contributed by atoms with van der Waals surface area (Å²) in [7, 11) is 0. The van der Waals surface area contributed by atoms with E-state index in [0.29, 0.717) is 63.7 Å². The van der Waals surface area contributed by atoms with Crippen molar-refractivity contribution >= 4 is 23.6 Å². The van der Waals surface area contributed by atoms with E-state index in [1.807, 2.05) is 0 Å². The molecule has 0 aliphatic carbocycles. The maximum atomic E-state index is 13.4. The molecule has 244 valence electrons. The van der Waals surface area contributed by atoms with E-state index in [4.69, 9.17) is 9.47 Å². The summed E-state index contributed by atoms with van der Waals surface area (Å²) >= 11 is 0. The molecule has 1 aromatic rings. The number of ether oxygens (including phenoxy) is 2. The number of carbonyl (C=O) groups excluding carboxylic acids is 4. The molecule has 3 heterocycles. The van der Waals surface area contributed by atoms with E-state index in [0.717, 1.165) is 25.9 Å². The molecule has 1 spiro atoms. The Hall–Kier alpha value is -3.09. The van der Waals surface area contributed by atoms with Crippen LogP contribution in [0.3, 0.4) is 0 Å². The van der Waals surface area contributed by atoms with Crippen LogP contribution in [-0.2, 0) is 23.9 Å². The quantitative estimate of drug-likeness (QED) is 0.461. The summed E-state index contributed by atoms with van der Waals surface area (Å²) in [4.78, 5) is 56.0. The van der Waals surface area contributed by atoms with Crippen LogP contribution in [0.2, 0.25) is 0 Å². The number of benzene rings is 1. The van der Waals surface area contributed by atoms with E-state index in [1.165, 1.54) is 24.3 Å². The maximum Gasteiger partial charge on any atom is 0.253 e. The van der Waals surface area contributed by atoms with Gasteiger partial charge in [-0.1, -0.05) is 0 Å². The molecule has 12 heteroatoms. The van der Waals surface area contributed by atoms with Crippen LogP contribution in [-0.4, -0.2) is 111 Å². The third-order valence-corrected chi connectivity index (χ3v) is 9.11. The van der Waals surface area contributed by atoms with Gasteiger partial charge in [0.25, 0.3) is 5.91 Å². The fourth-order valence-electron chi connectivity index (χ4n) is 6.49. The van der Waals surface area contributed by atoms with E-state index < -0.39 is 11.4 Å². The molecule has 4 rings (SSSR count). The number of fused-ring (bicyclic) bond motifs is 1. The summed E-state index contributed by atoms with van der Waals surface area (Å²) in [6.45, 7) is 8.43. The third kappa shape index (κ3) is 9.97. The van der Waals surface area contributed by atoms with Crippen LogP contribution in [0.15, 0.2) is 24.3 Å². The molecule has 3 N–H and O–H groups in total. The molecule has 1 aromatic carbocycles. The number of hydrogen-bond acceptors (Lipinski definition) is 7. The van der Waals surface area contributed by atoms with Gasteiger partial charge in [0, 0.05) is 57.2 Å². The van der Waals surface area contributed by atoms with Gasteiger partial charge in [0.2, 0.25) is 17.7 Å². The van der Waals surface area contributed by atoms with Crippen molar-refractivity contribution in [2.75, 3.05) is 65.7 Å². The minimum absolute atomic E-state index is 0.0131. The topological polar surface area (TPSA) is 129 Å². The van der Waals surface area contributed by atoms with Crippen molar-refractivity contribution < 1.29 is 33.0 Å². The Morgan fingerprint density at radius 1 is 0.886 bits per heavy atom. The fourth-order valence-corrected chi connectivity index (χ4v) is 6.49. The molecule has 4 amide bonds. The van der Waals surface area contributed by atoms with Crippen LogP contribution >= 0.6 is 0 Å². The standard InChI is InChI=1S/C32H48FN5O6/c1-23(2)38-13-8-25-19-28(39)35-12-16-43-17-18-44-22-30(41)36-32(20-29(40)34-11-7-26(25)21-38)9-14-37(15-10-32)31(42)24-3-5-27(33)6-4-24/h3-6,23,25-26H,7-22H2,1-2H3,(H,34,40)(H,35,39)(H,36,41)/t25-,26-/m0/s1. The van der Waals surface area contributed by atoms with E-state index in [-0.39, 0.29) is 61.7 Å². The zero-order valence-corrected chi connectivity index (χ0v) is 26.1. The van der Waals surface area contributed by atoms with Gasteiger partial charge in [-0.25, -0.2) is 4.39 Å². The third-order valence-electron chi connectivity index (χ3n) is 9.11. The molecule has 3 saturated heterocycles. The highest BCUT2D eigenvalue weighted by Crippen LogP contribution is 2.31. The lowest BCUT2D eigenvalue weighted by Crippen LogP contribution is -2.58. The van der Waals surface area contributed by atoms with Crippen molar-refractivity contribution in [3.63, 3.8) is 0 Å². The van der Waals surface area contributed by atoms with Gasteiger partial charge >= 0.3 is 0 Å². The Balaban J connectivity index is 1.41. The molecule has 0 bridgehead atoms. The van der Waals surface area contributed by atoms with Crippen molar-refractivity contribution in [3.8, 4) is 0 Å². The average Bonchev–Trinajstić information content (AvgIpc) is 2.99. The first-order valence-electron chi connectivity index (χ1n) is 15.9. The summed E-state index contributed by atoms with van der Waals surface area (Å²) in [5.41, 5.74) is -0.438. The van der Waals surface area contributed by atoms with E-state index >= 15 is 0 Å². The Morgan fingerprint density at radius 2 is 1.59 bits per heavy atom. The van der Waals surface area contributed by atoms with Crippen LogP contribution in [0.1, 0.15) is 62.7 Å². The SMILES string of the molecule is CC(C)N1CC[C@H]2CC(=O)NCCOCCOCC(=O)NC3(CCN(C(=O)c4ccc(F)cc4)CC3)CC(=O)NCC[C@H]2C1. The molecule has 0 unspecified atom stereocenters. The van der Waals surface area contributed by atoms with Crippen LogP contribution in [0.5, 0.6) is 0 Å². The number of amides is 4. The van der Waals surface area contributed by atoms with Crippen LogP contribution in [0, 0.1) is 17.7 Å². The smallest absolute Gasteiger partial charge is 0.253 e. The van der Waals surface area contributed by atoms with Crippen molar-refractivity contribution in [3.05, 3.63) is 35.6 Å². The highest BCUT2D eigenvalue weighted by atomic mass is 19.1. The predicted octanol–water partition coefficient (Wildman–Crippen LogP) is 1.71. The van der Waals surface area contributed by atoms with Crippen molar-refractivity contribution in [1.29, 1.82) is 0 Å². The van der Waals surface area contributed by atoms with Gasteiger partial charge in [0.05, 0.1) is 25.4 Å². The average molecular weight is 618 g/mol. The molecule has 0 aromatic heterocycles. The predicted molar refractivity (Wildman–Crippen MR) is 162 cm³/mol. The normalized spacial score (nSPS) is 25.5. The minimum Gasteiger partial charge on any atom is -0.377 e. The lowest BCUT2D eigenvalue weighted by Gasteiger charge is -2.42. The molecule has 2 atom stereocenters. The van der Waals surface area contributed by atoms with Crippen LogP contribution in [0.25, 0.3) is 0 Å². The maximum absolute atomic E-state index is 13.4. The summed E-state index contributed by atoms with van der Waals surface area (Å²) in [5.74, 6) is -0.612. The second-order valence-electron chi connectivity index (χ2n) is 12.6. The van der Waals surface area contributed by atoms with Gasteiger partial charge in [-0.3, -0.25) is 19.2 Å². The molecule has 11 nitrogen and oxygen atoms in total. The number of piperidine rings is 2. The zero-order valence-electron chi connectivity index (χ0n) is 26.1. The Kier molecular flexibility index (Phi) is 12.5. The van der Waals surface area contributed by atoms with E-state index in [2.05, 4.69) is 34.7 Å². The number of hydrogen-bond donors (Lipinski definition) is 3. The summed E-state index contributed by atoms with van der Waals surface area (Å²) in [6, 6.07) is 5.84. The number of nitrogens with zero attached hydrogens (tertiary/aromatic N) is 2. The second kappa shape index (κ2) is 16.3. The van der Waals surface area contributed by atoms with Gasteiger partial charge < -0.3 is 35.2 Å². The number of likely N-dealkylation sites (tertiary alicyclic amines) is 2. The van der Waals surface area contributed by atoms with Gasteiger partial charge in [0.1, 0.15) is 12.4 Å². The van der Waals surface area contributed by atoms with Crippen LogP contribution in [0.4, 0.5) is 4.39 Å². The van der Waals surface area contributed by atoms with Crippen LogP contribution < -0.4 is 16.0 Å². The molecule has 0 radical (unpaired) electrons. The minimum atomic E-state index is -0.832. The summed E-state index contributed by atoms with van der Waals surface area (Å²) in [6.07, 6.45) is 3.01. The molecule has 44 heavy (non-hydrogen) atoms. The van der Waals surface area contributed by atoms with E-state index in [1.54, 1.807) is 4.90 Å². The first kappa shape index (κ1) is 33.8. The lowest BCUT2D eigenvalue weighted by molar-refractivity contribution is -0.130. The molecule has 3 aliphatic heterocycles. The molecule has 3 fully saturated rings. The summed E-state index contributed by atoms with van der Waals surface area (Å²) < 4.78 is 24.4. The molecular formula is C32H48FN5O6. The van der Waals surface area contributed by atoms with Crippen molar-refractivity contribution in [2.45, 2.75) is 64.0 Å². The largest absolute Gasteiger partial charge is 0.377 e. The van der Waals surface area contributed by atoms with Crippen molar-refractivity contribution in [2.24, 2.45) is 11.8 Å². The summed E-state index contributed by atoms with van der Waals surface area (Å²) in [5, 5.41) is 9.07. The lowest BCUT2D eigenvalue weighted by atomic mass is 9.80. The zero-order chi connectivity index (χ0) is 31.5. The number of halogens is 1. The number of nitrogens with one attached hydrogen (secondary N) is 3. The van der Waals surface area contributed by atoms with Gasteiger partial charge in [-0.05, 0) is 82.2 Å². The number of rotatable bonds is 2. The fraction of sp³-hybridized carbons (Fsp3) is 0.688. The highest BCUT2D eigenvalue weighted by Gasteiger charge is 2.39. The molecule has 3 aliphatic rings. The van der Waals surface area contributed by atoms with Gasteiger partial charge in [0.15, 0.2) is 0 Å². The number of carbonyl (C=O) groups is 4. The first-order valence-corrected chi connectivity index (χ1v) is 15.9. The highest BCUT2D eigenvalue weighted by molar-refractivity contribution is 5.94. The second-order valence-corrected chi connectivity index (χ2v) is 12.6. The first-order chi connectivity index (χ1) is 21.1. The van der Waals surface area contributed by atoms with Gasteiger partial charge in [-0.15, -0.1) is 0 Å². The molecular weight excluding hydrogens is 569 g/mol. The van der Waals surface area contributed by atoms with Crippen molar-refractivity contribution in [1.82, 2.24) is 25.8 Å². The Labute approximate surface area is 259 Å². The molecule has 0 saturated carbocycles. The van der Waals surface area contributed by atoms with Gasteiger partial charge in [-0.2, -0.15) is 0 Å². The Morgan fingerprint density at radius 3 is 2.32 bits per heavy atom. The monoisotopic (exact) mass is 617 g/mol. The Bertz CT molecular complexity index is 1120.